The van der Waals surface area contributed by atoms with Gasteiger partial charge in [0.15, 0.2) is 0 Å². The SMILES string of the molecule is COC(=O)c1sc2cnc(S(C)(=O)=O)nc2c1-c1cc(OC)ncc1F. The van der Waals surface area contributed by atoms with E-state index in [2.05, 4.69) is 15.0 Å². The van der Waals surface area contributed by atoms with Crippen LogP contribution in [0.1, 0.15) is 9.67 Å². The monoisotopic (exact) mass is 397 g/mol. The van der Waals surface area contributed by atoms with E-state index in [0.717, 1.165) is 23.8 Å². The van der Waals surface area contributed by atoms with Crippen LogP contribution in [0.25, 0.3) is 21.3 Å². The van der Waals surface area contributed by atoms with Gasteiger partial charge >= 0.3 is 5.97 Å². The number of thiophene rings is 1. The predicted octanol–water partition coefficient (Wildman–Crippen LogP) is 2.09. The standard InChI is InChI=1S/C15H12FN3O5S2/c1-23-10-4-7(8(16)5-17-10)11-12-9(25-13(11)14(20)24-2)6-18-15(19-12)26(3,21)22/h4-6H,1-3H3. The Hall–Kier alpha value is -2.66. The van der Waals surface area contributed by atoms with Gasteiger partial charge in [-0.3, -0.25) is 0 Å². The third-order valence-corrected chi connectivity index (χ3v) is 5.37. The topological polar surface area (TPSA) is 108 Å². The molecular weight excluding hydrogens is 385 g/mol. The molecule has 0 spiro atoms. The van der Waals surface area contributed by atoms with Crippen LogP contribution in [-0.2, 0) is 14.6 Å². The summed E-state index contributed by atoms with van der Waals surface area (Å²) in [4.78, 5) is 23.8. The predicted molar refractivity (Wildman–Crippen MR) is 91.6 cm³/mol. The van der Waals surface area contributed by atoms with Crippen LogP contribution in [0.4, 0.5) is 4.39 Å². The van der Waals surface area contributed by atoms with Crippen LogP contribution in [0, 0.1) is 5.82 Å². The molecule has 0 radical (unpaired) electrons. The molecule has 0 amide bonds. The quantitative estimate of drug-likeness (QED) is 0.486. The highest BCUT2D eigenvalue weighted by Gasteiger charge is 2.26. The lowest BCUT2D eigenvalue weighted by molar-refractivity contribution is 0.0607. The van der Waals surface area contributed by atoms with Gasteiger partial charge < -0.3 is 9.47 Å². The minimum Gasteiger partial charge on any atom is -0.481 e. The molecule has 11 heteroatoms. The van der Waals surface area contributed by atoms with Crippen molar-refractivity contribution < 1.29 is 27.1 Å². The number of sulfone groups is 1. The molecule has 3 aromatic rings. The van der Waals surface area contributed by atoms with Crippen LogP contribution in [-0.4, -0.2) is 49.8 Å². The smallest absolute Gasteiger partial charge is 0.348 e. The molecule has 26 heavy (non-hydrogen) atoms. The number of rotatable bonds is 4. The highest BCUT2D eigenvalue weighted by Crippen LogP contribution is 2.40. The molecule has 0 fully saturated rings. The maximum atomic E-state index is 14.5. The molecule has 0 atom stereocenters. The van der Waals surface area contributed by atoms with Gasteiger partial charge in [-0.2, -0.15) is 0 Å². The van der Waals surface area contributed by atoms with E-state index in [1.807, 2.05) is 0 Å². The van der Waals surface area contributed by atoms with E-state index in [0.29, 0.717) is 4.70 Å². The third kappa shape index (κ3) is 3.10. The summed E-state index contributed by atoms with van der Waals surface area (Å²) in [5, 5.41) is -0.429. The molecular formula is C15H12FN3O5S2. The second-order valence-electron chi connectivity index (χ2n) is 5.14. The first-order chi connectivity index (χ1) is 12.3. The van der Waals surface area contributed by atoms with Gasteiger partial charge in [0.05, 0.1) is 30.6 Å². The van der Waals surface area contributed by atoms with Crippen LogP contribution in [0.5, 0.6) is 5.88 Å². The first kappa shape index (κ1) is 18.1. The molecule has 0 aliphatic rings. The van der Waals surface area contributed by atoms with Crippen molar-refractivity contribution in [1.29, 1.82) is 0 Å². The van der Waals surface area contributed by atoms with E-state index in [9.17, 15) is 17.6 Å². The Kier molecular flexibility index (Phi) is 4.59. The van der Waals surface area contributed by atoms with Gasteiger partial charge in [-0.25, -0.2) is 32.6 Å². The Bertz CT molecular complexity index is 1130. The van der Waals surface area contributed by atoms with Crippen molar-refractivity contribution in [1.82, 2.24) is 15.0 Å². The second-order valence-corrected chi connectivity index (χ2v) is 8.10. The number of hydrogen-bond donors (Lipinski definition) is 0. The first-order valence-electron chi connectivity index (χ1n) is 7.04. The highest BCUT2D eigenvalue weighted by molar-refractivity contribution is 7.90. The molecule has 3 heterocycles. The fraction of sp³-hybridized carbons (Fsp3) is 0.200. The van der Waals surface area contributed by atoms with E-state index in [4.69, 9.17) is 9.47 Å². The molecule has 0 saturated carbocycles. The second kappa shape index (κ2) is 6.57. The number of methoxy groups -OCH3 is 2. The maximum absolute atomic E-state index is 14.5. The lowest BCUT2D eigenvalue weighted by Crippen LogP contribution is -2.04. The zero-order valence-corrected chi connectivity index (χ0v) is 15.4. The summed E-state index contributed by atoms with van der Waals surface area (Å²) in [7, 11) is -1.15. The minimum absolute atomic E-state index is 0.0124. The van der Waals surface area contributed by atoms with Crippen molar-refractivity contribution in [2.45, 2.75) is 5.16 Å². The number of pyridine rings is 1. The van der Waals surface area contributed by atoms with Gasteiger partial charge in [0.1, 0.15) is 10.7 Å². The molecule has 0 aromatic carbocycles. The van der Waals surface area contributed by atoms with Crippen LogP contribution < -0.4 is 4.74 Å². The number of nitrogens with zero attached hydrogens (tertiary/aromatic N) is 3. The summed E-state index contributed by atoms with van der Waals surface area (Å²) in [6, 6.07) is 1.30. The summed E-state index contributed by atoms with van der Waals surface area (Å²) in [5.74, 6) is -1.32. The molecule has 8 nitrogen and oxygen atoms in total. The Morgan fingerprint density at radius 2 is 1.96 bits per heavy atom. The van der Waals surface area contributed by atoms with Crippen molar-refractivity contribution in [2.24, 2.45) is 0 Å². The van der Waals surface area contributed by atoms with Crippen molar-refractivity contribution in [2.75, 3.05) is 20.5 Å². The average Bonchev–Trinajstić information content (AvgIpc) is 2.99. The van der Waals surface area contributed by atoms with Gasteiger partial charge in [-0.05, 0) is 0 Å². The van der Waals surface area contributed by atoms with Gasteiger partial charge in [0.25, 0.3) is 0 Å². The normalized spacial score (nSPS) is 11.5. The summed E-state index contributed by atoms with van der Waals surface area (Å²) >= 11 is 0.971. The van der Waals surface area contributed by atoms with Crippen molar-refractivity contribution in [3.63, 3.8) is 0 Å². The molecule has 0 aliphatic carbocycles. The van der Waals surface area contributed by atoms with E-state index < -0.39 is 26.8 Å². The zero-order valence-electron chi connectivity index (χ0n) is 13.8. The van der Waals surface area contributed by atoms with Crippen molar-refractivity contribution >= 4 is 37.4 Å². The number of aromatic nitrogens is 3. The molecule has 0 N–H and O–H groups in total. The number of carbonyl (C=O) groups excluding carboxylic acids is 1. The summed E-state index contributed by atoms with van der Waals surface area (Å²) < 4.78 is 48.2. The van der Waals surface area contributed by atoms with E-state index in [1.165, 1.54) is 26.5 Å². The van der Waals surface area contributed by atoms with Crippen molar-refractivity contribution in [3.05, 3.63) is 29.2 Å². The fourth-order valence-electron chi connectivity index (χ4n) is 2.26. The lowest BCUT2D eigenvalue weighted by atomic mass is 10.1. The van der Waals surface area contributed by atoms with Gasteiger partial charge in [-0.1, -0.05) is 0 Å². The molecule has 3 aromatic heterocycles. The Balaban J connectivity index is 2.42. The zero-order chi connectivity index (χ0) is 19.1. The number of hydrogen-bond acceptors (Lipinski definition) is 9. The number of esters is 1. The molecule has 0 unspecified atom stereocenters. The number of fused-ring (bicyclic) bond motifs is 1. The summed E-state index contributed by atoms with van der Waals surface area (Å²) in [6.07, 6.45) is 3.17. The largest absolute Gasteiger partial charge is 0.481 e. The Morgan fingerprint density at radius 1 is 1.23 bits per heavy atom. The van der Waals surface area contributed by atoms with E-state index in [1.54, 1.807) is 0 Å². The number of ether oxygens (including phenoxy) is 2. The summed E-state index contributed by atoms with van der Waals surface area (Å²) in [6.45, 7) is 0. The molecule has 3 rings (SSSR count). The summed E-state index contributed by atoms with van der Waals surface area (Å²) in [5.41, 5.74) is 0.210. The van der Waals surface area contributed by atoms with E-state index >= 15 is 0 Å². The highest BCUT2D eigenvalue weighted by atomic mass is 32.2. The number of carbonyl (C=O) groups is 1. The van der Waals surface area contributed by atoms with Gasteiger partial charge in [-0.15, -0.1) is 11.3 Å². The first-order valence-corrected chi connectivity index (χ1v) is 9.75. The van der Waals surface area contributed by atoms with Crippen LogP contribution in [0.2, 0.25) is 0 Å². The van der Waals surface area contributed by atoms with Crippen LogP contribution >= 0.6 is 11.3 Å². The third-order valence-electron chi connectivity index (χ3n) is 3.42. The number of halogens is 1. The Labute approximate surface area is 151 Å². The van der Waals surface area contributed by atoms with Crippen molar-refractivity contribution in [3.8, 4) is 17.0 Å². The van der Waals surface area contributed by atoms with Gasteiger partial charge in [0, 0.05) is 29.6 Å². The van der Waals surface area contributed by atoms with Gasteiger partial charge in [0.2, 0.25) is 20.9 Å². The van der Waals surface area contributed by atoms with Crippen LogP contribution in [0.3, 0.4) is 0 Å². The molecule has 0 bridgehead atoms. The molecule has 0 saturated heterocycles. The molecule has 0 aliphatic heterocycles. The van der Waals surface area contributed by atoms with E-state index in [-0.39, 0.29) is 27.4 Å². The maximum Gasteiger partial charge on any atom is 0.348 e. The fourth-order valence-corrected chi connectivity index (χ4v) is 3.81. The molecule has 136 valence electrons. The average molecular weight is 397 g/mol. The minimum atomic E-state index is -3.70. The van der Waals surface area contributed by atoms with Crippen LogP contribution in [0.15, 0.2) is 23.6 Å². The lowest BCUT2D eigenvalue weighted by Gasteiger charge is -2.07. The Morgan fingerprint density at radius 3 is 2.58 bits per heavy atom.